The number of amides is 1. The van der Waals surface area contributed by atoms with E-state index in [-0.39, 0.29) is 5.75 Å². The van der Waals surface area contributed by atoms with E-state index in [9.17, 15) is 9.90 Å². The summed E-state index contributed by atoms with van der Waals surface area (Å²) in [4.78, 5) is 26.3. The quantitative estimate of drug-likeness (QED) is 0.463. The van der Waals surface area contributed by atoms with Gasteiger partial charge in [-0.05, 0) is 67.1 Å². The minimum atomic E-state index is 0.140. The Morgan fingerprint density at radius 2 is 1.80 bits per heavy atom. The van der Waals surface area contributed by atoms with Crippen LogP contribution in [0.2, 0.25) is 0 Å². The topological polar surface area (TPSA) is 91.2 Å². The molecule has 7 nitrogen and oxygen atoms in total. The molecule has 0 aliphatic rings. The maximum absolute atomic E-state index is 11.8. The summed E-state index contributed by atoms with van der Waals surface area (Å²) in [6, 6.07) is 17.7. The molecule has 148 valence electrons. The fourth-order valence-corrected chi connectivity index (χ4v) is 2.99. The van der Waals surface area contributed by atoms with E-state index in [4.69, 9.17) is 0 Å². The van der Waals surface area contributed by atoms with Crippen molar-refractivity contribution in [3.63, 3.8) is 0 Å². The summed E-state index contributed by atoms with van der Waals surface area (Å²) in [5.41, 5.74) is 4.73. The first kappa shape index (κ1) is 19.1. The van der Waals surface area contributed by atoms with E-state index >= 15 is 0 Å². The highest BCUT2D eigenvalue weighted by Gasteiger charge is 2.11. The standard InChI is InChI=1S/C23H19N5O2/c1-16-4-5-19(28(15-29)18-6-8-20(30)9-7-18)13-22(16)27-23-25-12-10-21(26-23)17-3-2-11-24-14-17/h2-15,30H,1H3,(H,25,26,27). The number of nitrogens with zero attached hydrogens (tertiary/aromatic N) is 4. The van der Waals surface area contributed by atoms with Crippen molar-refractivity contribution in [3.8, 4) is 17.0 Å². The number of aryl methyl sites for hydroxylation is 1. The van der Waals surface area contributed by atoms with Crippen molar-refractivity contribution in [2.75, 3.05) is 10.2 Å². The SMILES string of the molecule is Cc1ccc(N(C=O)c2ccc(O)cc2)cc1Nc1nccc(-c2cccnc2)n1. The van der Waals surface area contributed by atoms with Gasteiger partial charge in [-0.1, -0.05) is 6.07 Å². The van der Waals surface area contributed by atoms with Gasteiger partial charge in [-0.2, -0.15) is 0 Å². The van der Waals surface area contributed by atoms with Crippen molar-refractivity contribution in [3.05, 3.63) is 84.8 Å². The summed E-state index contributed by atoms with van der Waals surface area (Å²) in [6.07, 6.45) is 5.88. The van der Waals surface area contributed by atoms with Gasteiger partial charge in [0.15, 0.2) is 0 Å². The minimum absolute atomic E-state index is 0.140. The molecular formula is C23H19N5O2. The fourth-order valence-electron chi connectivity index (χ4n) is 2.99. The molecule has 0 fully saturated rings. The van der Waals surface area contributed by atoms with Crippen LogP contribution in [0.15, 0.2) is 79.3 Å². The van der Waals surface area contributed by atoms with Gasteiger partial charge in [0, 0.05) is 35.5 Å². The third-order valence-corrected chi connectivity index (χ3v) is 4.59. The van der Waals surface area contributed by atoms with Crippen molar-refractivity contribution in [1.29, 1.82) is 0 Å². The van der Waals surface area contributed by atoms with Gasteiger partial charge >= 0.3 is 0 Å². The van der Waals surface area contributed by atoms with Crippen LogP contribution in [0.3, 0.4) is 0 Å². The van der Waals surface area contributed by atoms with Gasteiger partial charge in [-0.25, -0.2) is 9.97 Å². The Hall–Kier alpha value is -4.26. The molecule has 0 aliphatic heterocycles. The second kappa shape index (κ2) is 8.40. The zero-order valence-corrected chi connectivity index (χ0v) is 16.2. The highest BCUT2D eigenvalue weighted by molar-refractivity contribution is 5.88. The smallest absolute Gasteiger partial charge is 0.227 e. The number of anilines is 4. The Labute approximate surface area is 173 Å². The van der Waals surface area contributed by atoms with E-state index in [1.54, 1.807) is 30.7 Å². The third kappa shape index (κ3) is 4.10. The molecule has 0 saturated heterocycles. The number of phenols is 1. The number of phenolic OH excluding ortho intramolecular Hbond substituents is 1. The van der Waals surface area contributed by atoms with Gasteiger partial charge < -0.3 is 10.4 Å². The molecule has 30 heavy (non-hydrogen) atoms. The van der Waals surface area contributed by atoms with Gasteiger partial charge in [0.2, 0.25) is 12.4 Å². The van der Waals surface area contributed by atoms with Gasteiger partial charge in [0.25, 0.3) is 0 Å². The molecular weight excluding hydrogens is 378 g/mol. The first-order valence-electron chi connectivity index (χ1n) is 9.29. The monoisotopic (exact) mass is 397 g/mol. The highest BCUT2D eigenvalue weighted by Crippen LogP contribution is 2.30. The van der Waals surface area contributed by atoms with E-state index in [1.807, 2.05) is 43.3 Å². The number of carbonyl (C=O) groups is 1. The second-order valence-electron chi connectivity index (χ2n) is 6.62. The third-order valence-electron chi connectivity index (χ3n) is 4.59. The molecule has 0 radical (unpaired) electrons. The number of pyridine rings is 1. The molecule has 0 unspecified atom stereocenters. The van der Waals surface area contributed by atoms with Crippen LogP contribution >= 0.6 is 0 Å². The summed E-state index contributed by atoms with van der Waals surface area (Å²) < 4.78 is 0. The lowest BCUT2D eigenvalue weighted by atomic mass is 10.1. The second-order valence-corrected chi connectivity index (χ2v) is 6.62. The number of rotatable bonds is 6. The normalized spacial score (nSPS) is 10.4. The Kier molecular flexibility index (Phi) is 5.34. The van der Waals surface area contributed by atoms with Crippen molar-refractivity contribution in [2.24, 2.45) is 0 Å². The molecule has 0 bridgehead atoms. The summed E-state index contributed by atoms with van der Waals surface area (Å²) in [6.45, 7) is 1.96. The Morgan fingerprint density at radius 3 is 2.53 bits per heavy atom. The lowest BCUT2D eigenvalue weighted by molar-refractivity contribution is -0.106. The van der Waals surface area contributed by atoms with Crippen LogP contribution in [0.25, 0.3) is 11.3 Å². The maximum Gasteiger partial charge on any atom is 0.227 e. The van der Waals surface area contributed by atoms with Crippen LogP contribution in [0.5, 0.6) is 5.75 Å². The zero-order valence-electron chi connectivity index (χ0n) is 16.2. The fraction of sp³-hybridized carbons (Fsp3) is 0.0435. The van der Waals surface area contributed by atoms with E-state index < -0.39 is 0 Å². The number of hydrogen-bond donors (Lipinski definition) is 2. The molecule has 2 aromatic heterocycles. The molecule has 0 atom stereocenters. The van der Waals surface area contributed by atoms with Crippen molar-refractivity contribution >= 4 is 29.4 Å². The van der Waals surface area contributed by atoms with E-state index in [0.717, 1.165) is 28.9 Å². The summed E-state index contributed by atoms with van der Waals surface area (Å²) >= 11 is 0. The number of benzene rings is 2. The summed E-state index contributed by atoms with van der Waals surface area (Å²) in [5.74, 6) is 0.584. The number of nitrogens with one attached hydrogen (secondary N) is 1. The molecule has 4 aromatic rings. The van der Waals surface area contributed by atoms with Crippen LogP contribution in [-0.4, -0.2) is 26.5 Å². The average molecular weight is 397 g/mol. The molecule has 4 rings (SSSR count). The van der Waals surface area contributed by atoms with Crippen molar-refractivity contribution < 1.29 is 9.90 Å². The number of hydrogen-bond acceptors (Lipinski definition) is 6. The van der Waals surface area contributed by atoms with Crippen molar-refractivity contribution in [1.82, 2.24) is 15.0 Å². The molecule has 0 spiro atoms. The molecule has 1 amide bonds. The van der Waals surface area contributed by atoms with Gasteiger partial charge in [-0.15, -0.1) is 0 Å². The van der Waals surface area contributed by atoms with Crippen LogP contribution in [0.4, 0.5) is 23.0 Å². The van der Waals surface area contributed by atoms with E-state index in [2.05, 4.69) is 20.3 Å². The van der Waals surface area contributed by atoms with Crippen LogP contribution in [0, 0.1) is 6.92 Å². The van der Waals surface area contributed by atoms with Gasteiger partial charge in [0.1, 0.15) is 5.75 Å². The largest absolute Gasteiger partial charge is 0.508 e. The molecule has 7 heteroatoms. The molecule has 2 N–H and O–H groups in total. The van der Waals surface area contributed by atoms with Crippen LogP contribution < -0.4 is 10.2 Å². The first-order chi connectivity index (χ1) is 14.6. The lowest BCUT2D eigenvalue weighted by Gasteiger charge is -2.19. The Morgan fingerprint density at radius 1 is 1.00 bits per heavy atom. The van der Waals surface area contributed by atoms with E-state index in [0.29, 0.717) is 17.3 Å². The summed E-state index contributed by atoms with van der Waals surface area (Å²) in [5, 5.41) is 12.7. The predicted octanol–water partition coefficient (Wildman–Crippen LogP) is 4.59. The molecule has 2 heterocycles. The average Bonchev–Trinajstić information content (AvgIpc) is 2.78. The maximum atomic E-state index is 11.8. The van der Waals surface area contributed by atoms with Crippen LogP contribution in [0.1, 0.15) is 5.56 Å². The Bertz CT molecular complexity index is 1160. The van der Waals surface area contributed by atoms with Crippen molar-refractivity contribution in [2.45, 2.75) is 6.92 Å². The molecule has 2 aromatic carbocycles. The minimum Gasteiger partial charge on any atom is -0.508 e. The summed E-state index contributed by atoms with van der Waals surface area (Å²) in [7, 11) is 0. The molecule has 0 aliphatic carbocycles. The number of aromatic nitrogens is 3. The molecule has 0 saturated carbocycles. The first-order valence-corrected chi connectivity index (χ1v) is 9.29. The van der Waals surface area contributed by atoms with Gasteiger partial charge in [-0.3, -0.25) is 14.7 Å². The number of aromatic hydroxyl groups is 1. The predicted molar refractivity (Wildman–Crippen MR) is 116 cm³/mol. The highest BCUT2D eigenvalue weighted by atomic mass is 16.3. The lowest BCUT2D eigenvalue weighted by Crippen LogP contribution is -2.14. The zero-order chi connectivity index (χ0) is 20.9. The van der Waals surface area contributed by atoms with E-state index in [1.165, 1.54) is 17.0 Å². The number of carbonyl (C=O) groups excluding carboxylic acids is 1. The Balaban J connectivity index is 1.64. The van der Waals surface area contributed by atoms with Crippen LogP contribution in [-0.2, 0) is 4.79 Å². The van der Waals surface area contributed by atoms with Gasteiger partial charge in [0.05, 0.1) is 11.4 Å².